The average molecular weight is 229 g/mol. The van der Waals surface area contributed by atoms with E-state index in [4.69, 9.17) is 9.84 Å². The zero-order valence-electron chi connectivity index (χ0n) is 10.5. The summed E-state index contributed by atoms with van der Waals surface area (Å²) in [6.45, 7) is 10.6. The van der Waals surface area contributed by atoms with Gasteiger partial charge in [-0.15, -0.1) is 0 Å². The lowest BCUT2D eigenvalue weighted by Crippen LogP contribution is -2.26. The molecule has 1 saturated heterocycles. The van der Waals surface area contributed by atoms with Gasteiger partial charge in [0.15, 0.2) is 0 Å². The minimum Gasteiger partial charge on any atom is -0.481 e. The second kappa shape index (κ2) is 5.64. The first-order valence-electron chi connectivity index (χ1n) is 5.97. The van der Waals surface area contributed by atoms with E-state index in [1.807, 2.05) is 6.92 Å². The zero-order valence-corrected chi connectivity index (χ0v) is 10.5. The molecule has 4 heteroatoms. The van der Waals surface area contributed by atoms with Gasteiger partial charge < -0.3 is 14.7 Å². The van der Waals surface area contributed by atoms with Crippen LogP contribution in [-0.4, -0.2) is 48.8 Å². The highest BCUT2D eigenvalue weighted by Gasteiger charge is 2.38. The van der Waals surface area contributed by atoms with Crippen LogP contribution in [-0.2, 0) is 9.53 Å². The van der Waals surface area contributed by atoms with E-state index in [9.17, 15) is 4.79 Å². The molecule has 0 aliphatic carbocycles. The number of carboxylic acid groups (broad SMARTS) is 1. The van der Waals surface area contributed by atoms with E-state index in [0.717, 1.165) is 26.3 Å². The number of nitrogens with zero attached hydrogens (tertiary/aromatic N) is 1. The molecule has 0 amide bonds. The summed E-state index contributed by atoms with van der Waals surface area (Å²) < 4.78 is 5.48. The van der Waals surface area contributed by atoms with Gasteiger partial charge in [-0.05, 0) is 12.3 Å². The molecule has 1 heterocycles. The van der Waals surface area contributed by atoms with Crippen LogP contribution >= 0.6 is 0 Å². The molecule has 1 atom stereocenters. The molecule has 16 heavy (non-hydrogen) atoms. The van der Waals surface area contributed by atoms with Gasteiger partial charge in [-0.1, -0.05) is 13.8 Å². The summed E-state index contributed by atoms with van der Waals surface area (Å²) in [6.07, 6.45) is 0.234. The van der Waals surface area contributed by atoms with Gasteiger partial charge >= 0.3 is 5.97 Å². The lowest BCUT2D eigenvalue weighted by Gasteiger charge is -2.25. The molecule has 0 aromatic rings. The largest absolute Gasteiger partial charge is 0.481 e. The van der Waals surface area contributed by atoms with Crippen molar-refractivity contribution in [3.05, 3.63) is 0 Å². The van der Waals surface area contributed by atoms with Crippen LogP contribution in [0.5, 0.6) is 0 Å². The number of ether oxygens (including phenoxy) is 1. The average Bonchev–Trinajstić information content (AvgIpc) is 2.47. The van der Waals surface area contributed by atoms with Gasteiger partial charge in [-0.2, -0.15) is 0 Å². The molecule has 4 nitrogen and oxygen atoms in total. The SMILES string of the molecule is CCOC[C@@H]1CN(CCC(=O)O)CC1(C)C. The number of carboxylic acids is 1. The van der Waals surface area contributed by atoms with Crippen LogP contribution in [0, 0.1) is 11.3 Å². The molecule has 94 valence electrons. The van der Waals surface area contributed by atoms with Crippen molar-refractivity contribution >= 4 is 5.97 Å². The topological polar surface area (TPSA) is 49.8 Å². The zero-order chi connectivity index (χ0) is 12.2. The van der Waals surface area contributed by atoms with Crippen LogP contribution in [0.15, 0.2) is 0 Å². The lowest BCUT2D eigenvalue weighted by atomic mass is 9.83. The molecule has 1 aliphatic heterocycles. The van der Waals surface area contributed by atoms with Gasteiger partial charge in [0.2, 0.25) is 0 Å². The number of aliphatic carboxylic acids is 1. The van der Waals surface area contributed by atoms with Gasteiger partial charge in [0.1, 0.15) is 0 Å². The van der Waals surface area contributed by atoms with E-state index >= 15 is 0 Å². The van der Waals surface area contributed by atoms with E-state index in [2.05, 4.69) is 18.7 Å². The van der Waals surface area contributed by atoms with Gasteiger partial charge in [-0.25, -0.2) is 0 Å². The molecule has 0 saturated carbocycles. The van der Waals surface area contributed by atoms with Crippen LogP contribution in [0.3, 0.4) is 0 Å². The molecule has 1 N–H and O–H groups in total. The van der Waals surface area contributed by atoms with Gasteiger partial charge in [0.25, 0.3) is 0 Å². The molecule has 1 rings (SSSR count). The number of hydrogen-bond donors (Lipinski definition) is 1. The van der Waals surface area contributed by atoms with Gasteiger partial charge in [-0.3, -0.25) is 4.79 Å². The molecule has 0 radical (unpaired) electrons. The highest BCUT2D eigenvalue weighted by Crippen LogP contribution is 2.35. The third-order valence-corrected chi connectivity index (χ3v) is 3.38. The van der Waals surface area contributed by atoms with E-state index in [1.54, 1.807) is 0 Å². The van der Waals surface area contributed by atoms with Crippen molar-refractivity contribution in [2.75, 3.05) is 32.8 Å². The lowest BCUT2D eigenvalue weighted by molar-refractivity contribution is -0.137. The monoisotopic (exact) mass is 229 g/mol. The summed E-state index contributed by atoms with van der Waals surface area (Å²) in [6, 6.07) is 0. The maximum atomic E-state index is 10.5. The van der Waals surface area contributed by atoms with Crippen LogP contribution in [0.25, 0.3) is 0 Å². The predicted octanol–water partition coefficient (Wildman–Crippen LogP) is 1.46. The van der Waals surface area contributed by atoms with Gasteiger partial charge in [0, 0.05) is 32.2 Å². The summed E-state index contributed by atoms with van der Waals surface area (Å²) in [7, 11) is 0. The molecule has 0 unspecified atom stereocenters. The second-order valence-electron chi connectivity index (χ2n) is 5.22. The normalized spacial score (nSPS) is 24.8. The number of rotatable bonds is 6. The van der Waals surface area contributed by atoms with E-state index in [-0.39, 0.29) is 11.8 Å². The second-order valence-corrected chi connectivity index (χ2v) is 5.22. The highest BCUT2D eigenvalue weighted by atomic mass is 16.5. The summed E-state index contributed by atoms with van der Waals surface area (Å²) >= 11 is 0. The van der Waals surface area contributed by atoms with Crippen molar-refractivity contribution in [3.63, 3.8) is 0 Å². The minimum atomic E-state index is -0.717. The van der Waals surface area contributed by atoms with E-state index in [0.29, 0.717) is 12.5 Å². The molecule has 0 bridgehead atoms. The Balaban J connectivity index is 2.40. The van der Waals surface area contributed by atoms with Crippen molar-refractivity contribution < 1.29 is 14.6 Å². The summed E-state index contributed by atoms with van der Waals surface area (Å²) in [4.78, 5) is 12.8. The third-order valence-electron chi connectivity index (χ3n) is 3.38. The Hall–Kier alpha value is -0.610. The fraction of sp³-hybridized carbons (Fsp3) is 0.917. The maximum Gasteiger partial charge on any atom is 0.304 e. The fourth-order valence-electron chi connectivity index (χ4n) is 2.29. The van der Waals surface area contributed by atoms with E-state index in [1.165, 1.54) is 0 Å². The molecule has 1 fully saturated rings. The van der Waals surface area contributed by atoms with Crippen LogP contribution < -0.4 is 0 Å². The van der Waals surface area contributed by atoms with E-state index < -0.39 is 5.97 Å². The minimum absolute atomic E-state index is 0.230. The molecular formula is C12H23NO3. The first kappa shape index (κ1) is 13.5. The Morgan fingerprint density at radius 1 is 1.56 bits per heavy atom. The Morgan fingerprint density at radius 2 is 2.25 bits per heavy atom. The maximum absolute atomic E-state index is 10.5. The highest BCUT2D eigenvalue weighted by molar-refractivity contribution is 5.66. The fourth-order valence-corrected chi connectivity index (χ4v) is 2.29. The first-order valence-corrected chi connectivity index (χ1v) is 5.97. The molecule has 0 aromatic carbocycles. The molecule has 1 aliphatic rings. The summed E-state index contributed by atoms with van der Waals surface area (Å²) in [5.41, 5.74) is 0.230. The predicted molar refractivity (Wildman–Crippen MR) is 62.5 cm³/mol. The number of carbonyl (C=O) groups is 1. The van der Waals surface area contributed by atoms with Crippen molar-refractivity contribution in [3.8, 4) is 0 Å². The van der Waals surface area contributed by atoms with Crippen molar-refractivity contribution in [2.45, 2.75) is 27.2 Å². The van der Waals surface area contributed by atoms with Crippen LogP contribution in [0.4, 0.5) is 0 Å². The first-order chi connectivity index (χ1) is 7.45. The quantitative estimate of drug-likeness (QED) is 0.749. The third kappa shape index (κ3) is 3.76. The smallest absolute Gasteiger partial charge is 0.304 e. The Morgan fingerprint density at radius 3 is 2.81 bits per heavy atom. The number of likely N-dealkylation sites (tertiary alicyclic amines) is 1. The molecule has 0 spiro atoms. The summed E-state index contributed by atoms with van der Waals surface area (Å²) in [5.74, 6) is -0.202. The Labute approximate surface area is 97.6 Å². The van der Waals surface area contributed by atoms with Crippen molar-refractivity contribution in [1.29, 1.82) is 0 Å². The van der Waals surface area contributed by atoms with Crippen molar-refractivity contribution in [1.82, 2.24) is 4.90 Å². The number of hydrogen-bond acceptors (Lipinski definition) is 3. The van der Waals surface area contributed by atoms with Crippen molar-refractivity contribution in [2.24, 2.45) is 11.3 Å². The van der Waals surface area contributed by atoms with Gasteiger partial charge in [0.05, 0.1) is 13.0 Å². The molecule has 0 aromatic heterocycles. The van der Waals surface area contributed by atoms with Crippen LogP contribution in [0.2, 0.25) is 0 Å². The Bertz CT molecular complexity index is 240. The Kier molecular flexibility index (Phi) is 4.74. The standard InChI is InChI=1S/C12H23NO3/c1-4-16-8-10-7-13(6-5-11(14)15)9-12(10,2)3/h10H,4-9H2,1-3H3,(H,14,15)/t10-/m0/s1. The molecular weight excluding hydrogens is 206 g/mol. The summed E-state index contributed by atoms with van der Waals surface area (Å²) in [5, 5.41) is 8.66. The van der Waals surface area contributed by atoms with Crippen LogP contribution in [0.1, 0.15) is 27.2 Å².